The van der Waals surface area contributed by atoms with Crippen molar-refractivity contribution < 1.29 is 9.32 Å². The standard InChI is InChI=1S/C16H20ClN5O2/c1-2-18-16(23)22-9-7-21(8-10-22)11-14-19-15(24-20-14)12-5-3-4-6-13(12)17/h3-6H,2,7-11H2,1H3,(H,18,23). The van der Waals surface area contributed by atoms with E-state index >= 15 is 0 Å². The Morgan fingerprint density at radius 3 is 2.75 bits per heavy atom. The number of hydrogen-bond donors (Lipinski definition) is 1. The molecule has 1 N–H and O–H groups in total. The molecule has 2 aromatic rings. The fourth-order valence-electron chi connectivity index (χ4n) is 2.63. The van der Waals surface area contributed by atoms with Gasteiger partial charge in [-0.15, -0.1) is 0 Å². The van der Waals surface area contributed by atoms with Crippen molar-refractivity contribution >= 4 is 17.6 Å². The van der Waals surface area contributed by atoms with Gasteiger partial charge in [-0.1, -0.05) is 28.9 Å². The van der Waals surface area contributed by atoms with E-state index in [0.29, 0.717) is 42.9 Å². The van der Waals surface area contributed by atoms with Crippen molar-refractivity contribution in [2.75, 3.05) is 32.7 Å². The summed E-state index contributed by atoms with van der Waals surface area (Å²) in [5, 5.41) is 7.44. The molecule has 0 radical (unpaired) electrons. The number of carbonyl (C=O) groups is 1. The Hall–Kier alpha value is -2.12. The summed E-state index contributed by atoms with van der Waals surface area (Å²) in [5.74, 6) is 1.05. The summed E-state index contributed by atoms with van der Waals surface area (Å²) in [4.78, 5) is 20.3. The van der Waals surface area contributed by atoms with Crippen molar-refractivity contribution in [2.24, 2.45) is 0 Å². The van der Waals surface area contributed by atoms with E-state index in [-0.39, 0.29) is 6.03 Å². The highest BCUT2D eigenvalue weighted by Gasteiger charge is 2.22. The van der Waals surface area contributed by atoms with Crippen LogP contribution in [-0.4, -0.2) is 58.7 Å². The van der Waals surface area contributed by atoms with Gasteiger partial charge in [0, 0.05) is 32.7 Å². The Morgan fingerprint density at radius 2 is 2.04 bits per heavy atom. The van der Waals surface area contributed by atoms with Gasteiger partial charge in [-0.25, -0.2) is 4.79 Å². The Labute approximate surface area is 145 Å². The molecule has 7 nitrogen and oxygen atoms in total. The average Bonchev–Trinajstić information content (AvgIpc) is 3.04. The molecule has 1 saturated heterocycles. The van der Waals surface area contributed by atoms with Gasteiger partial charge in [0.15, 0.2) is 5.82 Å². The van der Waals surface area contributed by atoms with E-state index in [4.69, 9.17) is 16.1 Å². The molecule has 1 aromatic carbocycles. The largest absolute Gasteiger partial charge is 0.338 e. The van der Waals surface area contributed by atoms with Gasteiger partial charge in [-0.3, -0.25) is 4.90 Å². The monoisotopic (exact) mass is 349 g/mol. The second kappa shape index (κ2) is 7.63. The molecule has 1 aliphatic rings. The van der Waals surface area contributed by atoms with Crippen LogP contribution in [0.15, 0.2) is 28.8 Å². The molecule has 0 atom stereocenters. The van der Waals surface area contributed by atoms with E-state index in [1.54, 1.807) is 6.07 Å². The van der Waals surface area contributed by atoms with E-state index in [2.05, 4.69) is 20.4 Å². The smallest absolute Gasteiger partial charge is 0.317 e. The van der Waals surface area contributed by atoms with E-state index < -0.39 is 0 Å². The molecule has 0 saturated carbocycles. The second-order valence-electron chi connectivity index (χ2n) is 5.59. The fourth-order valence-corrected chi connectivity index (χ4v) is 2.85. The van der Waals surface area contributed by atoms with Crippen molar-refractivity contribution in [3.05, 3.63) is 35.1 Å². The van der Waals surface area contributed by atoms with Gasteiger partial charge in [0.25, 0.3) is 5.89 Å². The first-order chi connectivity index (χ1) is 11.7. The molecule has 1 aromatic heterocycles. The predicted octanol–water partition coefficient (Wildman–Crippen LogP) is 2.24. The molecular formula is C16H20ClN5O2. The van der Waals surface area contributed by atoms with Crippen LogP contribution >= 0.6 is 11.6 Å². The van der Waals surface area contributed by atoms with Crippen LogP contribution in [0, 0.1) is 0 Å². The van der Waals surface area contributed by atoms with E-state index in [1.165, 1.54) is 0 Å². The number of nitrogens with one attached hydrogen (secondary N) is 1. The zero-order chi connectivity index (χ0) is 16.9. The van der Waals surface area contributed by atoms with Crippen LogP contribution in [0.3, 0.4) is 0 Å². The van der Waals surface area contributed by atoms with Crippen LogP contribution in [-0.2, 0) is 6.54 Å². The highest BCUT2D eigenvalue weighted by molar-refractivity contribution is 6.33. The molecule has 128 valence electrons. The van der Waals surface area contributed by atoms with Gasteiger partial charge in [-0.05, 0) is 19.1 Å². The fraction of sp³-hybridized carbons (Fsp3) is 0.438. The third-order valence-corrected chi connectivity index (χ3v) is 4.25. The summed E-state index contributed by atoms with van der Waals surface area (Å²) >= 11 is 6.15. The lowest BCUT2D eigenvalue weighted by Crippen LogP contribution is -2.51. The van der Waals surface area contributed by atoms with Crippen molar-refractivity contribution in [3.63, 3.8) is 0 Å². The average molecular weight is 350 g/mol. The third-order valence-electron chi connectivity index (χ3n) is 3.92. The maximum atomic E-state index is 11.8. The molecule has 0 spiro atoms. The van der Waals surface area contributed by atoms with Gasteiger partial charge < -0.3 is 14.7 Å². The Balaban J connectivity index is 1.57. The van der Waals surface area contributed by atoms with Crippen LogP contribution in [0.2, 0.25) is 5.02 Å². The number of piperazine rings is 1. The van der Waals surface area contributed by atoms with Crippen molar-refractivity contribution in [1.82, 2.24) is 25.3 Å². The topological polar surface area (TPSA) is 74.5 Å². The summed E-state index contributed by atoms with van der Waals surface area (Å²) in [6, 6.07) is 7.38. The Morgan fingerprint density at radius 1 is 1.29 bits per heavy atom. The summed E-state index contributed by atoms with van der Waals surface area (Å²) in [5.41, 5.74) is 0.735. The molecule has 3 rings (SSSR count). The zero-order valence-corrected chi connectivity index (χ0v) is 14.3. The number of hydrogen-bond acceptors (Lipinski definition) is 5. The maximum absolute atomic E-state index is 11.8. The lowest BCUT2D eigenvalue weighted by Gasteiger charge is -2.33. The van der Waals surface area contributed by atoms with Crippen LogP contribution in [0.4, 0.5) is 4.79 Å². The first-order valence-electron chi connectivity index (χ1n) is 8.00. The Bertz CT molecular complexity index is 697. The molecule has 0 unspecified atom stereocenters. The Kier molecular flexibility index (Phi) is 5.32. The van der Waals surface area contributed by atoms with Crippen molar-refractivity contribution in [2.45, 2.75) is 13.5 Å². The first kappa shape index (κ1) is 16.7. The number of rotatable bonds is 4. The van der Waals surface area contributed by atoms with Gasteiger partial charge >= 0.3 is 6.03 Å². The van der Waals surface area contributed by atoms with Crippen LogP contribution in [0.25, 0.3) is 11.5 Å². The maximum Gasteiger partial charge on any atom is 0.317 e. The van der Waals surface area contributed by atoms with E-state index in [0.717, 1.165) is 18.7 Å². The minimum atomic E-state index is -0.00211. The number of nitrogens with zero attached hydrogens (tertiary/aromatic N) is 4. The van der Waals surface area contributed by atoms with Crippen LogP contribution < -0.4 is 5.32 Å². The van der Waals surface area contributed by atoms with Crippen molar-refractivity contribution in [3.8, 4) is 11.5 Å². The summed E-state index contributed by atoms with van der Waals surface area (Å²) in [6.07, 6.45) is 0. The number of carbonyl (C=O) groups excluding carboxylic acids is 1. The highest BCUT2D eigenvalue weighted by atomic mass is 35.5. The number of aromatic nitrogens is 2. The van der Waals surface area contributed by atoms with Gasteiger partial charge in [0.05, 0.1) is 17.1 Å². The van der Waals surface area contributed by atoms with E-state index in [1.807, 2.05) is 30.0 Å². The summed E-state index contributed by atoms with van der Waals surface area (Å²) in [7, 11) is 0. The molecule has 2 heterocycles. The van der Waals surface area contributed by atoms with Crippen LogP contribution in [0.5, 0.6) is 0 Å². The summed E-state index contributed by atoms with van der Waals surface area (Å²) in [6.45, 7) is 6.12. The molecule has 24 heavy (non-hydrogen) atoms. The van der Waals surface area contributed by atoms with E-state index in [9.17, 15) is 4.79 Å². The molecule has 0 bridgehead atoms. The molecular weight excluding hydrogens is 330 g/mol. The molecule has 1 fully saturated rings. The zero-order valence-electron chi connectivity index (χ0n) is 13.5. The lowest BCUT2D eigenvalue weighted by atomic mass is 10.2. The number of benzene rings is 1. The predicted molar refractivity (Wildman–Crippen MR) is 90.7 cm³/mol. The number of urea groups is 1. The summed E-state index contributed by atoms with van der Waals surface area (Å²) < 4.78 is 5.32. The molecule has 8 heteroatoms. The van der Waals surface area contributed by atoms with Crippen molar-refractivity contribution in [1.29, 1.82) is 0 Å². The second-order valence-corrected chi connectivity index (χ2v) is 6.00. The molecule has 0 aliphatic carbocycles. The highest BCUT2D eigenvalue weighted by Crippen LogP contribution is 2.26. The van der Waals surface area contributed by atoms with Gasteiger partial charge in [-0.2, -0.15) is 4.98 Å². The quantitative estimate of drug-likeness (QED) is 0.916. The SMILES string of the molecule is CCNC(=O)N1CCN(Cc2noc(-c3ccccc3Cl)n2)CC1. The van der Waals surface area contributed by atoms with Gasteiger partial charge in [0.1, 0.15) is 0 Å². The molecule has 2 amide bonds. The van der Waals surface area contributed by atoms with Gasteiger partial charge in [0.2, 0.25) is 0 Å². The third kappa shape index (κ3) is 3.85. The lowest BCUT2D eigenvalue weighted by molar-refractivity contribution is 0.133. The van der Waals surface area contributed by atoms with Crippen LogP contribution in [0.1, 0.15) is 12.7 Å². The first-order valence-corrected chi connectivity index (χ1v) is 8.37. The minimum Gasteiger partial charge on any atom is -0.338 e. The normalized spacial score (nSPS) is 15.5. The number of halogens is 1. The number of amides is 2. The minimum absolute atomic E-state index is 0.00211. The molecule has 1 aliphatic heterocycles.